The third-order valence-electron chi connectivity index (χ3n) is 4.72. The van der Waals surface area contributed by atoms with Crippen LogP contribution in [0.2, 0.25) is 0 Å². The molecule has 0 aromatic heterocycles. The number of rotatable bonds is 7. The van der Waals surface area contributed by atoms with Crippen molar-refractivity contribution in [2.75, 3.05) is 26.2 Å². The molecule has 2 N–H and O–H groups in total. The van der Waals surface area contributed by atoms with Crippen molar-refractivity contribution < 1.29 is 9.90 Å². The van der Waals surface area contributed by atoms with Crippen LogP contribution in [0.1, 0.15) is 38.7 Å². The van der Waals surface area contributed by atoms with Crippen LogP contribution in [-0.2, 0) is 6.54 Å². The molecule has 0 radical (unpaired) electrons. The van der Waals surface area contributed by atoms with Crippen molar-refractivity contribution >= 4 is 6.03 Å². The van der Waals surface area contributed by atoms with Crippen LogP contribution in [0.5, 0.6) is 0 Å². The zero-order valence-electron chi connectivity index (χ0n) is 14.9. The number of carbonyl (C=O) groups is 1. The summed E-state index contributed by atoms with van der Waals surface area (Å²) in [5.41, 5.74) is 1.34. The smallest absolute Gasteiger partial charge is 0.317 e. The maximum atomic E-state index is 12.4. The summed E-state index contributed by atoms with van der Waals surface area (Å²) in [6.45, 7) is 7.35. The standard InChI is InChI=1S/C19H31N3O2/c1-3-10-21(12-13-23)19(24)20-18-9-11-22(16(2)14-18)15-17-7-5-4-6-8-17/h4-8,16,18,23H,3,9-15H2,1-2H3,(H,20,24). The predicted molar refractivity (Wildman–Crippen MR) is 96.8 cm³/mol. The third-order valence-corrected chi connectivity index (χ3v) is 4.72. The maximum absolute atomic E-state index is 12.4. The fourth-order valence-electron chi connectivity index (χ4n) is 3.38. The lowest BCUT2D eigenvalue weighted by molar-refractivity contribution is 0.123. The lowest BCUT2D eigenvalue weighted by Gasteiger charge is -2.38. The molecule has 0 spiro atoms. The first kappa shape index (κ1) is 18.7. The SMILES string of the molecule is CCCN(CCO)C(=O)NC1CCN(Cc2ccccc2)C(C)C1. The highest BCUT2D eigenvalue weighted by molar-refractivity contribution is 5.74. The molecule has 0 bridgehead atoms. The van der Waals surface area contributed by atoms with Crippen LogP contribution < -0.4 is 5.32 Å². The molecule has 2 amide bonds. The third kappa shape index (κ3) is 5.49. The summed E-state index contributed by atoms with van der Waals surface area (Å²) < 4.78 is 0. The van der Waals surface area contributed by atoms with Gasteiger partial charge in [-0.25, -0.2) is 4.79 Å². The monoisotopic (exact) mass is 333 g/mol. The minimum absolute atomic E-state index is 0.0132. The summed E-state index contributed by atoms with van der Waals surface area (Å²) in [4.78, 5) is 16.6. The predicted octanol–water partition coefficient (Wildman–Crippen LogP) is 2.45. The number of hydrogen-bond acceptors (Lipinski definition) is 3. The van der Waals surface area contributed by atoms with Crippen LogP contribution >= 0.6 is 0 Å². The van der Waals surface area contributed by atoms with Crippen molar-refractivity contribution in [2.45, 2.75) is 51.7 Å². The summed E-state index contributed by atoms with van der Waals surface area (Å²) in [5.74, 6) is 0. The molecule has 1 aliphatic heterocycles. The number of likely N-dealkylation sites (tertiary alicyclic amines) is 1. The molecule has 1 aromatic rings. The maximum Gasteiger partial charge on any atom is 0.317 e. The number of aliphatic hydroxyl groups is 1. The Balaban J connectivity index is 1.82. The van der Waals surface area contributed by atoms with E-state index in [0.29, 0.717) is 19.1 Å². The number of urea groups is 1. The fourth-order valence-corrected chi connectivity index (χ4v) is 3.38. The average Bonchev–Trinajstić information content (AvgIpc) is 2.58. The van der Waals surface area contributed by atoms with Gasteiger partial charge in [0.15, 0.2) is 0 Å². The Labute approximate surface area is 145 Å². The Kier molecular flexibility index (Phi) is 7.53. The van der Waals surface area contributed by atoms with E-state index >= 15 is 0 Å². The number of aliphatic hydroxyl groups excluding tert-OH is 1. The van der Waals surface area contributed by atoms with Crippen molar-refractivity contribution in [3.05, 3.63) is 35.9 Å². The fraction of sp³-hybridized carbons (Fsp3) is 0.632. The van der Waals surface area contributed by atoms with Crippen LogP contribution in [0.15, 0.2) is 30.3 Å². The van der Waals surface area contributed by atoms with Gasteiger partial charge in [0.05, 0.1) is 6.61 Å². The van der Waals surface area contributed by atoms with E-state index in [9.17, 15) is 4.79 Å². The lowest BCUT2D eigenvalue weighted by Crippen LogP contribution is -2.52. The average molecular weight is 333 g/mol. The summed E-state index contributed by atoms with van der Waals surface area (Å²) in [7, 11) is 0. The number of carbonyl (C=O) groups excluding carboxylic acids is 1. The Bertz CT molecular complexity index is 489. The van der Waals surface area contributed by atoms with Crippen molar-refractivity contribution in [1.82, 2.24) is 15.1 Å². The normalized spacial score (nSPS) is 21.5. The van der Waals surface area contributed by atoms with E-state index in [1.165, 1.54) is 5.56 Å². The number of nitrogens with zero attached hydrogens (tertiary/aromatic N) is 2. The molecule has 2 rings (SSSR count). The van der Waals surface area contributed by atoms with Crippen LogP contribution in [0.3, 0.4) is 0 Å². The second-order valence-electron chi connectivity index (χ2n) is 6.69. The molecule has 0 aliphatic carbocycles. The van der Waals surface area contributed by atoms with Gasteiger partial charge < -0.3 is 15.3 Å². The Morgan fingerprint density at radius 3 is 2.71 bits per heavy atom. The highest BCUT2D eigenvalue weighted by Crippen LogP contribution is 2.20. The Morgan fingerprint density at radius 2 is 2.08 bits per heavy atom. The molecule has 0 saturated carbocycles. The lowest BCUT2D eigenvalue weighted by atomic mass is 9.97. The van der Waals surface area contributed by atoms with E-state index in [4.69, 9.17) is 5.11 Å². The van der Waals surface area contributed by atoms with Crippen LogP contribution in [-0.4, -0.2) is 59.3 Å². The van der Waals surface area contributed by atoms with E-state index in [2.05, 4.69) is 41.4 Å². The molecular weight excluding hydrogens is 302 g/mol. The van der Waals surface area contributed by atoms with Crippen molar-refractivity contribution in [2.24, 2.45) is 0 Å². The van der Waals surface area contributed by atoms with E-state index in [-0.39, 0.29) is 18.7 Å². The van der Waals surface area contributed by atoms with Crippen molar-refractivity contribution in [3.63, 3.8) is 0 Å². The largest absolute Gasteiger partial charge is 0.395 e. The van der Waals surface area contributed by atoms with Crippen LogP contribution in [0, 0.1) is 0 Å². The first-order valence-corrected chi connectivity index (χ1v) is 9.08. The Hall–Kier alpha value is -1.59. The molecule has 2 atom stereocenters. The second-order valence-corrected chi connectivity index (χ2v) is 6.69. The molecule has 1 aliphatic rings. The van der Waals surface area contributed by atoms with Gasteiger partial charge in [-0.3, -0.25) is 4.90 Å². The number of nitrogens with one attached hydrogen (secondary N) is 1. The number of benzene rings is 1. The molecule has 5 nitrogen and oxygen atoms in total. The zero-order valence-corrected chi connectivity index (χ0v) is 14.9. The summed E-state index contributed by atoms with van der Waals surface area (Å²) in [6.07, 6.45) is 2.85. The quantitative estimate of drug-likeness (QED) is 0.806. The molecule has 1 fully saturated rings. The summed E-state index contributed by atoms with van der Waals surface area (Å²) in [5, 5.41) is 12.3. The van der Waals surface area contributed by atoms with Gasteiger partial charge in [-0.1, -0.05) is 37.3 Å². The van der Waals surface area contributed by atoms with E-state index in [1.54, 1.807) is 4.90 Å². The van der Waals surface area contributed by atoms with Gasteiger partial charge in [0.2, 0.25) is 0 Å². The number of hydrogen-bond donors (Lipinski definition) is 2. The molecule has 2 unspecified atom stereocenters. The van der Waals surface area contributed by atoms with E-state index in [0.717, 1.165) is 32.4 Å². The van der Waals surface area contributed by atoms with Gasteiger partial charge in [-0.05, 0) is 31.7 Å². The van der Waals surface area contributed by atoms with Crippen LogP contribution in [0.25, 0.3) is 0 Å². The molecule has 134 valence electrons. The van der Waals surface area contributed by atoms with Gasteiger partial charge in [0, 0.05) is 38.3 Å². The summed E-state index contributed by atoms with van der Waals surface area (Å²) >= 11 is 0. The van der Waals surface area contributed by atoms with Gasteiger partial charge in [0.25, 0.3) is 0 Å². The minimum atomic E-state index is -0.0420. The molecule has 1 saturated heterocycles. The topological polar surface area (TPSA) is 55.8 Å². The van der Waals surface area contributed by atoms with E-state index in [1.807, 2.05) is 13.0 Å². The van der Waals surface area contributed by atoms with Crippen molar-refractivity contribution in [1.29, 1.82) is 0 Å². The van der Waals surface area contributed by atoms with Gasteiger partial charge >= 0.3 is 6.03 Å². The molecule has 1 aromatic carbocycles. The number of amides is 2. The minimum Gasteiger partial charge on any atom is -0.395 e. The van der Waals surface area contributed by atoms with Crippen LogP contribution in [0.4, 0.5) is 4.79 Å². The first-order valence-electron chi connectivity index (χ1n) is 9.08. The van der Waals surface area contributed by atoms with E-state index < -0.39 is 0 Å². The van der Waals surface area contributed by atoms with Gasteiger partial charge in [-0.2, -0.15) is 0 Å². The molecule has 1 heterocycles. The summed E-state index contributed by atoms with van der Waals surface area (Å²) in [6, 6.07) is 11.2. The van der Waals surface area contributed by atoms with Crippen molar-refractivity contribution in [3.8, 4) is 0 Å². The van der Waals surface area contributed by atoms with Gasteiger partial charge in [0.1, 0.15) is 0 Å². The molecular formula is C19H31N3O2. The highest BCUT2D eigenvalue weighted by atomic mass is 16.3. The highest BCUT2D eigenvalue weighted by Gasteiger charge is 2.27. The molecule has 24 heavy (non-hydrogen) atoms. The zero-order chi connectivity index (χ0) is 17.4. The number of piperidine rings is 1. The van der Waals surface area contributed by atoms with Gasteiger partial charge in [-0.15, -0.1) is 0 Å². The Morgan fingerprint density at radius 1 is 1.33 bits per heavy atom. The second kappa shape index (κ2) is 9.64. The first-order chi connectivity index (χ1) is 11.6. The molecule has 5 heteroatoms.